The summed E-state index contributed by atoms with van der Waals surface area (Å²) in [6.07, 6.45) is 5.57. The van der Waals surface area contributed by atoms with Crippen LogP contribution in [0.2, 0.25) is 0 Å². The second-order valence-corrected chi connectivity index (χ2v) is 6.39. The summed E-state index contributed by atoms with van der Waals surface area (Å²) in [5.74, 6) is 1.17. The van der Waals surface area contributed by atoms with E-state index in [1.54, 1.807) is 0 Å². The van der Waals surface area contributed by atoms with Crippen LogP contribution < -0.4 is 10.6 Å². The van der Waals surface area contributed by atoms with Gasteiger partial charge in [-0.25, -0.2) is 14.8 Å². The summed E-state index contributed by atoms with van der Waals surface area (Å²) in [4.78, 5) is 20.2. The van der Waals surface area contributed by atoms with Crippen LogP contribution in [0.25, 0.3) is 0 Å². The molecular weight excluding hydrogens is 328 g/mol. The largest absolute Gasteiger partial charge is 0.449 e. The van der Waals surface area contributed by atoms with E-state index in [9.17, 15) is 4.79 Å². The Bertz CT molecular complexity index is 688. The van der Waals surface area contributed by atoms with Gasteiger partial charge >= 0.3 is 6.09 Å². The lowest BCUT2D eigenvalue weighted by Crippen LogP contribution is -2.18. The van der Waals surface area contributed by atoms with Gasteiger partial charge in [-0.3, -0.25) is 5.32 Å². The summed E-state index contributed by atoms with van der Waals surface area (Å²) in [6, 6.07) is 9.27. The molecule has 0 spiro atoms. The third kappa shape index (κ3) is 6.70. The zero-order valence-electron chi connectivity index (χ0n) is 15.8. The van der Waals surface area contributed by atoms with Crippen LogP contribution in [0.5, 0.6) is 0 Å². The number of hydrogen-bond acceptors (Lipinski definition) is 5. The maximum Gasteiger partial charge on any atom is 0.411 e. The number of unbranched alkanes of at least 4 members (excludes halogenated alkanes) is 1. The zero-order valence-corrected chi connectivity index (χ0v) is 15.8. The molecular formula is C20H28N4O2. The van der Waals surface area contributed by atoms with E-state index in [1.807, 2.05) is 37.3 Å². The van der Waals surface area contributed by atoms with Crippen molar-refractivity contribution in [3.63, 3.8) is 0 Å². The van der Waals surface area contributed by atoms with Gasteiger partial charge in [0.1, 0.15) is 12.1 Å². The van der Waals surface area contributed by atoms with Gasteiger partial charge in [0, 0.05) is 23.1 Å². The fourth-order valence-electron chi connectivity index (χ4n) is 2.55. The Morgan fingerprint density at radius 3 is 2.54 bits per heavy atom. The standard InChI is InChI=1S/C20H28N4O2/c1-4-6-7-16(5-2)13-26-20(25)24-18-10-8-17(9-11-18)23-19-12-15(3)21-14-22-19/h8-12,14,16H,4-7,13H2,1-3H3,(H,24,25)(H,21,22,23). The van der Waals surface area contributed by atoms with Crippen LogP contribution in [0, 0.1) is 12.8 Å². The molecule has 6 nitrogen and oxygen atoms in total. The van der Waals surface area contributed by atoms with Gasteiger partial charge in [0.25, 0.3) is 0 Å². The third-order valence-corrected chi connectivity index (χ3v) is 4.20. The summed E-state index contributed by atoms with van der Waals surface area (Å²) >= 11 is 0. The highest BCUT2D eigenvalue weighted by Crippen LogP contribution is 2.18. The number of carbonyl (C=O) groups excluding carboxylic acids is 1. The number of nitrogens with one attached hydrogen (secondary N) is 2. The van der Waals surface area contributed by atoms with Gasteiger partial charge in [0.2, 0.25) is 0 Å². The lowest BCUT2D eigenvalue weighted by molar-refractivity contribution is 0.136. The Kier molecular flexibility index (Phi) is 7.86. The molecule has 1 atom stereocenters. The summed E-state index contributed by atoms with van der Waals surface area (Å²) in [5, 5.41) is 5.96. The minimum atomic E-state index is -0.410. The molecule has 6 heteroatoms. The highest BCUT2D eigenvalue weighted by molar-refractivity contribution is 5.84. The molecule has 0 saturated heterocycles. The molecule has 1 unspecified atom stereocenters. The maximum atomic E-state index is 12.0. The maximum absolute atomic E-state index is 12.0. The molecule has 1 aromatic carbocycles. The number of carbonyl (C=O) groups is 1. The van der Waals surface area contributed by atoms with E-state index in [-0.39, 0.29) is 0 Å². The molecule has 2 N–H and O–H groups in total. The minimum Gasteiger partial charge on any atom is -0.449 e. The van der Waals surface area contributed by atoms with Gasteiger partial charge in [-0.2, -0.15) is 0 Å². The van der Waals surface area contributed by atoms with Crippen molar-refractivity contribution in [1.82, 2.24) is 9.97 Å². The molecule has 0 saturated carbocycles. The summed E-state index contributed by atoms with van der Waals surface area (Å²) in [5.41, 5.74) is 2.47. The molecule has 0 bridgehead atoms. The van der Waals surface area contributed by atoms with E-state index in [0.29, 0.717) is 18.2 Å². The van der Waals surface area contributed by atoms with E-state index in [0.717, 1.165) is 36.5 Å². The van der Waals surface area contributed by atoms with E-state index in [4.69, 9.17) is 4.74 Å². The Morgan fingerprint density at radius 1 is 1.15 bits per heavy atom. The van der Waals surface area contributed by atoms with E-state index in [2.05, 4.69) is 34.4 Å². The summed E-state index contributed by atoms with van der Waals surface area (Å²) < 4.78 is 5.35. The highest BCUT2D eigenvalue weighted by Gasteiger charge is 2.10. The average Bonchev–Trinajstić information content (AvgIpc) is 2.63. The van der Waals surface area contributed by atoms with Crippen molar-refractivity contribution in [1.29, 1.82) is 0 Å². The SMILES string of the molecule is CCCCC(CC)COC(=O)Nc1ccc(Nc2cc(C)ncn2)cc1. The van der Waals surface area contributed by atoms with E-state index >= 15 is 0 Å². The Hall–Kier alpha value is -2.63. The zero-order chi connectivity index (χ0) is 18.8. The first-order valence-corrected chi connectivity index (χ1v) is 9.20. The number of benzene rings is 1. The van der Waals surface area contributed by atoms with Crippen molar-refractivity contribution in [2.24, 2.45) is 5.92 Å². The van der Waals surface area contributed by atoms with Crippen molar-refractivity contribution in [2.75, 3.05) is 17.2 Å². The van der Waals surface area contributed by atoms with Crippen LogP contribution in [0.3, 0.4) is 0 Å². The van der Waals surface area contributed by atoms with Gasteiger partial charge in [0.15, 0.2) is 0 Å². The number of aryl methyl sites for hydroxylation is 1. The predicted octanol–water partition coefficient (Wildman–Crippen LogP) is 5.29. The van der Waals surface area contributed by atoms with Gasteiger partial charge in [-0.1, -0.05) is 33.1 Å². The van der Waals surface area contributed by atoms with E-state index in [1.165, 1.54) is 12.7 Å². The van der Waals surface area contributed by atoms with Crippen molar-refractivity contribution < 1.29 is 9.53 Å². The predicted molar refractivity (Wildman–Crippen MR) is 105 cm³/mol. The minimum absolute atomic E-state index is 0.410. The smallest absolute Gasteiger partial charge is 0.411 e. The first-order chi connectivity index (χ1) is 12.6. The topological polar surface area (TPSA) is 76.1 Å². The second kappa shape index (κ2) is 10.4. The van der Waals surface area contributed by atoms with E-state index < -0.39 is 6.09 Å². The molecule has 0 aliphatic carbocycles. The second-order valence-electron chi connectivity index (χ2n) is 6.39. The molecule has 1 amide bonds. The fraction of sp³-hybridized carbons (Fsp3) is 0.450. The molecule has 26 heavy (non-hydrogen) atoms. The molecule has 2 rings (SSSR count). The number of aromatic nitrogens is 2. The molecule has 1 heterocycles. The Labute approximate surface area is 155 Å². The van der Waals surface area contributed by atoms with Gasteiger partial charge < -0.3 is 10.1 Å². The number of rotatable bonds is 9. The van der Waals surface area contributed by atoms with Gasteiger partial charge in [-0.15, -0.1) is 0 Å². The normalized spacial score (nSPS) is 11.7. The lowest BCUT2D eigenvalue weighted by atomic mass is 10.0. The summed E-state index contributed by atoms with van der Waals surface area (Å²) in [7, 11) is 0. The van der Waals surface area contributed by atoms with Crippen LogP contribution in [-0.4, -0.2) is 22.7 Å². The van der Waals surface area contributed by atoms with Crippen LogP contribution in [0.1, 0.15) is 45.2 Å². The first-order valence-electron chi connectivity index (χ1n) is 9.20. The van der Waals surface area contributed by atoms with Crippen LogP contribution in [0.15, 0.2) is 36.7 Å². The van der Waals surface area contributed by atoms with Crippen molar-refractivity contribution >= 4 is 23.3 Å². The molecule has 0 aliphatic heterocycles. The molecule has 0 radical (unpaired) electrons. The Balaban J connectivity index is 1.81. The number of anilines is 3. The molecule has 140 valence electrons. The van der Waals surface area contributed by atoms with Crippen LogP contribution >= 0.6 is 0 Å². The third-order valence-electron chi connectivity index (χ3n) is 4.20. The fourth-order valence-corrected chi connectivity index (χ4v) is 2.55. The van der Waals surface area contributed by atoms with Crippen LogP contribution in [-0.2, 0) is 4.74 Å². The lowest BCUT2D eigenvalue weighted by Gasteiger charge is -2.15. The number of amides is 1. The van der Waals surface area contributed by atoms with Crippen molar-refractivity contribution in [3.8, 4) is 0 Å². The van der Waals surface area contributed by atoms with Gasteiger partial charge in [0.05, 0.1) is 6.61 Å². The van der Waals surface area contributed by atoms with Crippen molar-refractivity contribution in [3.05, 3.63) is 42.4 Å². The Morgan fingerprint density at radius 2 is 1.88 bits per heavy atom. The number of ether oxygens (including phenoxy) is 1. The summed E-state index contributed by atoms with van der Waals surface area (Å²) in [6.45, 7) is 6.68. The van der Waals surface area contributed by atoms with Crippen LogP contribution in [0.4, 0.5) is 22.0 Å². The molecule has 2 aromatic rings. The van der Waals surface area contributed by atoms with Crippen molar-refractivity contribution in [2.45, 2.75) is 46.5 Å². The highest BCUT2D eigenvalue weighted by atomic mass is 16.5. The first kappa shape index (κ1) is 19.7. The van der Waals surface area contributed by atoms with Gasteiger partial charge in [-0.05, 0) is 43.5 Å². The monoisotopic (exact) mass is 356 g/mol. The molecule has 0 fully saturated rings. The quantitative estimate of drug-likeness (QED) is 0.638. The average molecular weight is 356 g/mol. The number of nitrogens with zero attached hydrogens (tertiary/aromatic N) is 2. The molecule has 0 aliphatic rings. The molecule has 1 aromatic heterocycles. The number of hydrogen-bond donors (Lipinski definition) is 2.